The maximum absolute atomic E-state index is 11.8. The fraction of sp³-hybridized carbons (Fsp3) is 0.385. The molecule has 1 heterocycles. The number of nitrogens with one attached hydrogen (secondary N) is 1. The zero-order valence-corrected chi connectivity index (χ0v) is 10.7. The molecule has 1 N–H and O–H groups in total. The van der Waals surface area contributed by atoms with Crippen LogP contribution in [0.5, 0.6) is 0 Å². The van der Waals surface area contributed by atoms with Crippen LogP contribution in [-0.4, -0.2) is 35.9 Å². The molecular formula is C13H14F3N3O. The zero-order valence-electron chi connectivity index (χ0n) is 10.7. The third-order valence-electron chi connectivity index (χ3n) is 2.49. The summed E-state index contributed by atoms with van der Waals surface area (Å²) in [6, 6.07) is 7.48. The van der Waals surface area contributed by atoms with Gasteiger partial charge in [-0.2, -0.15) is 13.2 Å². The Morgan fingerprint density at radius 1 is 1.15 bits per heavy atom. The maximum atomic E-state index is 11.8. The van der Waals surface area contributed by atoms with Crippen LogP contribution in [0.1, 0.15) is 5.69 Å². The second-order valence-corrected chi connectivity index (χ2v) is 4.19. The summed E-state index contributed by atoms with van der Waals surface area (Å²) in [5.41, 5.74) is 2.34. The minimum Gasteiger partial charge on any atom is -0.371 e. The summed E-state index contributed by atoms with van der Waals surface area (Å²) in [5.74, 6) is 0. The Morgan fingerprint density at radius 2 is 1.90 bits per heavy atom. The van der Waals surface area contributed by atoms with Crippen molar-refractivity contribution in [2.24, 2.45) is 0 Å². The lowest BCUT2D eigenvalue weighted by Gasteiger charge is -2.08. The van der Waals surface area contributed by atoms with Crippen LogP contribution in [0.25, 0.3) is 11.0 Å². The first kappa shape index (κ1) is 14.7. The van der Waals surface area contributed by atoms with Crippen molar-refractivity contribution >= 4 is 11.0 Å². The molecule has 1 aromatic heterocycles. The highest BCUT2D eigenvalue weighted by molar-refractivity contribution is 5.73. The summed E-state index contributed by atoms with van der Waals surface area (Å²) in [7, 11) is 0. The molecule has 0 amide bonds. The summed E-state index contributed by atoms with van der Waals surface area (Å²) >= 11 is 0. The number of halogens is 3. The summed E-state index contributed by atoms with van der Waals surface area (Å²) in [6.07, 6.45) is -2.63. The van der Waals surface area contributed by atoms with Gasteiger partial charge in [0.25, 0.3) is 0 Å². The molecule has 2 rings (SSSR count). The minimum absolute atomic E-state index is 0.000516. The number of hydrogen-bond donors (Lipinski definition) is 1. The molecule has 0 unspecified atom stereocenters. The molecule has 0 fully saturated rings. The molecule has 0 spiro atoms. The third kappa shape index (κ3) is 4.75. The highest BCUT2D eigenvalue weighted by Gasteiger charge is 2.27. The summed E-state index contributed by atoms with van der Waals surface area (Å²) in [5, 5.41) is 2.96. The van der Waals surface area contributed by atoms with Crippen molar-refractivity contribution in [1.29, 1.82) is 0 Å². The Bertz CT molecular complexity index is 560. The van der Waals surface area contributed by atoms with Gasteiger partial charge < -0.3 is 10.1 Å². The molecule has 108 valence electrons. The van der Waals surface area contributed by atoms with E-state index in [4.69, 9.17) is 0 Å². The second-order valence-electron chi connectivity index (χ2n) is 4.19. The smallest absolute Gasteiger partial charge is 0.371 e. The van der Waals surface area contributed by atoms with Crippen LogP contribution in [-0.2, 0) is 11.3 Å². The van der Waals surface area contributed by atoms with Crippen molar-refractivity contribution < 1.29 is 17.9 Å². The number of aromatic nitrogens is 2. The van der Waals surface area contributed by atoms with Crippen molar-refractivity contribution in [2.45, 2.75) is 12.7 Å². The fourth-order valence-electron chi connectivity index (χ4n) is 1.63. The van der Waals surface area contributed by atoms with Crippen molar-refractivity contribution in [3.63, 3.8) is 0 Å². The molecule has 0 saturated heterocycles. The van der Waals surface area contributed by atoms with E-state index in [-0.39, 0.29) is 6.61 Å². The van der Waals surface area contributed by atoms with E-state index < -0.39 is 12.8 Å². The summed E-state index contributed by atoms with van der Waals surface area (Å²) in [4.78, 5) is 8.63. The maximum Gasteiger partial charge on any atom is 0.411 e. The lowest BCUT2D eigenvalue weighted by atomic mass is 10.3. The number of alkyl halides is 3. The number of para-hydroxylation sites is 2. The first-order chi connectivity index (χ1) is 9.54. The number of hydrogen-bond acceptors (Lipinski definition) is 4. The lowest BCUT2D eigenvalue weighted by Crippen LogP contribution is -2.24. The van der Waals surface area contributed by atoms with E-state index in [1.165, 1.54) is 0 Å². The largest absolute Gasteiger partial charge is 0.411 e. The van der Waals surface area contributed by atoms with E-state index in [1.54, 1.807) is 6.20 Å². The fourth-order valence-corrected chi connectivity index (χ4v) is 1.63. The molecule has 0 aliphatic rings. The quantitative estimate of drug-likeness (QED) is 0.827. The topological polar surface area (TPSA) is 47.0 Å². The molecule has 0 atom stereocenters. The Balaban J connectivity index is 1.73. The average molecular weight is 285 g/mol. The standard InChI is InChI=1S/C13H14F3N3O/c14-13(15,16)9-20-6-5-17-7-10-8-18-11-3-1-2-4-12(11)19-10/h1-4,8,17H,5-7,9H2. The van der Waals surface area contributed by atoms with Gasteiger partial charge in [0.1, 0.15) is 6.61 Å². The number of fused-ring (bicyclic) bond motifs is 1. The number of ether oxygens (including phenoxy) is 1. The Kier molecular flexibility index (Phi) is 4.86. The molecule has 2 aromatic rings. The third-order valence-corrected chi connectivity index (χ3v) is 2.49. The van der Waals surface area contributed by atoms with Crippen LogP contribution in [0.4, 0.5) is 13.2 Å². The van der Waals surface area contributed by atoms with E-state index >= 15 is 0 Å². The minimum atomic E-state index is -4.27. The molecule has 4 nitrogen and oxygen atoms in total. The van der Waals surface area contributed by atoms with E-state index in [0.29, 0.717) is 13.1 Å². The van der Waals surface area contributed by atoms with Crippen LogP contribution < -0.4 is 5.32 Å². The van der Waals surface area contributed by atoms with Crippen LogP contribution >= 0.6 is 0 Å². The van der Waals surface area contributed by atoms with Crippen LogP contribution in [0.3, 0.4) is 0 Å². The van der Waals surface area contributed by atoms with E-state index in [2.05, 4.69) is 20.0 Å². The highest BCUT2D eigenvalue weighted by Crippen LogP contribution is 2.14. The summed E-state index contributed by atoms with van der Waals surface area (Å²) in [6.45, 7) is -0.456. The van der Waals surface area contributed by atoms with Crippen LogP contribution in [0, 0.1) is 0 Å². The average Bonchev–Trinajstić information content (AvgIpc) is 2.41. The molecule has 0 bridgehead atoms. The molecule has 0 aliphatic carbocycles. The van der Waals surface area contributed by atoms with Crippen molar-refractivity contribution in [3.05, 3.63) is 36.2 Å². The normalized spacial score (nSPS) is 11.9. The molecule has 1 aromatic carbocycles. The van der Waals surface area contributed by atoms with Gasteiger partial charge in [-0.3, -0.25) is 4.98 Å². The van der Waals surface area contributed by atoms with Gasteiger partial charge in [-0.05, 0) is 12.1 Å². The van der Waals surface area contributed by atoms with Crippen LogP contribution in [0.2, 0.25) is 0 Å². The van der Waals surface area contributed by atoms with Crippen molar-refractivity contribution in [3.8, 4) is 0 Å². The number of benzene rings is 1. The van der Waals surface area contributed by atoms with Gasteiger partial charge in [0.2, 0.25) is 0 Å². The van der Waals surface area contributed by atoms with Gasteiger partial charge in [-0.25, -0.2) is 4.98 Å². The second kappa shape index (κ2) is 6.62. The highest BCUT2D eigenvalue weighted by atomic mass is 19.4. The molecular weight excluding hydrogens is 271 g/mol. The van der Waals surface area contributed by atoms with Crippen LogP contribution in [0.15, 0.2) is 30.5 Å². The number of nitrogens with zero attached hydrogens (tertiary/aromatic N) is 2. The van der Waals surface area contributed by atoms with Crippen molar-refractivity contribution in [2.75, 3.05) is 19.8 Å². The molecule has 0 saturated carbocycles. The molecule has 7 heteroatoms. The monoisotopic (exact) mass is 285 g/mol. The van der Waals surface area contributed by atoms with Gasteiger partial charge in [0.05, 0.1) is 29.5 Å². The Morgan fingerprint density at radius 3 is 2.65 bits per heavy atom. The van der Waals surface area contributed by atoms with Crippen molar-refractivity contribution in [1.82, 2.24) is 15.3 Å². The molecule has 20 heavy (non-hydrogen) atoms. The number of rotatable bonds is 6. The SMILES string of the molecule is FC(F)(F)COCCNCc1cnc2ccccc2n1. The first-order valence-corrected chi connectivity index (χ1v) is 6.10. The first-order valence-electron chi connectivity index (χ1n) is 6.10. The lowest BCUT2D eigenvalue weighted by molar-refractivity contribution is -0.173. The summed E-state index contributed by atoms with van der Waals surface area (Å²) < 4.78 is 39.9. The Hall–Kier alpha value is -1.73. The van der Waals surface area contributed by atoms with Gasteiger partial charge >= 0.3 is 6.18 Å². The van der Waals surface area contributed by atoms with E-state index in [1.807, 2.05) is 24.3 Å². The Labute approximate surface area is 114 Å². The molecule has 0 aliphatic heterocycles. The van der Waals surface area contributed by atoms with E-state index in [0.717, 1.165) is 16.7 Å². The van der Waals surface area contributed by atoms with E-state index in [9.17, 15) is 13.2 Å². The van der Waals surface area contributed by atoms with Gasteiger partial charge in [-0.1, -0.05) is 12.1 Å². The predicted molar refractivity (Wildman–Crippen MR) is 68.1 cm³/mol. The van der Waals surface area contributed by atoms with Gasteiger partial charge in [-0.15, -0.1) is 0 Å². The van der Waals surface area contributed by atoms with Gasteiger partial charge in [0.15, 0.2) is 0 Å². The molecule has 0 radical (unpaired) electrons. The zero-order chi connectivity index (χ0) is 14.4. The van der Waals surface area contributed by atoms with Gasteiger partial charge in [0, 0.05) is 13.1 Å². The predicted octanol–water partition coefficient (Wildman–Crippen LogP) is 2.30.